The van der Waals surface area contributed by atoms with Crippen LogP contribution in [0, 0.1) is 13.8 Å². The van der Waals surface area contributed by atoms with Crippen molar-refractivity contribution in [3.8, 4) is 11.5 Å². The molecule has 1 amide bonds. The van der Waals surface area contributed by atoms with Crippen LogP contribution in [0.2, 0.25) is 0 Å². The lowest BCUT2D eigenvalue weighted by Crippen LogP contribution is -2.30. The van der Waals surface area contributed by atoms with Gasteiger partial charge >= 0.3 is 0 Å². The van der Waals surface area contributed by atoms with Crippen LogP contribution in [0.15, 0.2) is 35.3 Å². The first-order valence-electron chi connectivity index (χ1n) is 8.21. The first-order chi connectivity index (χ1) is 13.0. The van der Waals surface area contributed by atoms with Gasteiger partial charge in [-0.15, -0.1) is 10.2 Å². The molecule has 0 aliphatic carbocycles. The second-order valence-electron chi connectivity index (χ2n) is 6.07. The van der Waals surface area contributed by atoms with Crippen LogP contribution in [-0.4, -0.2) is 27.5 Å². The van der Waals surface area contributed by atoms with E-state index in [0.29, 0.717) is 28.7 Å². The molecule has 1 N–H and O–H groups in total. The Morgan fingerprint density at radius 1 is 1.22 bits per heavy atom. The molecule has 0 atom stereocenters. The molecule has 0 unspecified atom stereocenters. The zero-order valence-corrected chi connectivity index (χ0v) is 15.5. The van der Waals surface area contributed by atoms with Gasteiger partial charge in [0.05, 0.1) is 6.54 Å². The number of nitrogens with zero attached hydrogens (tertiary/aromatic N) is 3. The normalized spacial score (nSPS) is 12.2. The summed E-state index contributed by atoms with van der Waals surface area (Å²) in [4.78, 5) is 25.5. The summed E-state index contributed by atoms with van der Waals surface area (Å²) in [5.41, 5.74) is 1.19. The maximum Gasteiger partial charge on any atom is 0.263 e. The summed E-state index contributed by atoms with van der Waals surface area (Å²) >= 11 is 1.25. The Morgan fingerprint density at radius 3 is 2.81 bits per heavy atom. The summed E-state index contributed by atoms with van der Waals surface area (Å²) in [6, 6.07) is 7.25. The zero-order valence-electron chi connectivity index (χ0n) is 14.7. The average Bonchev–Trinajstić information content (AvgIpc) is 3.26. The van der Waals surface area contributed by atoms with Gasteiger partial charge in [-0.05, 0) is 43.2 Å². The SMILES string of the molecule is Cc1nnc(NC(=O)c2c(C)ccn(Cc3ccc4c(c3)OCO4)c2=O)s1. The zero-order chi connectivity index (χ0) is 19.0. The minimum absolute atomic E-state index is 0.0890. The first-order valence-corrected chi connectivity index (χ1v) is 9.03. The van der Waals surface area contributed by atoms with Crippen LogP contribution >= 0.6 is 11.3 Å². The number of nitrogens with one attached hydrogen (secondary N) is 1. The van der Waals surface area contributed by atoms with Crippen LogP contribution in [0.25, 0.3) is 0 Å². The molecule has 0 fully saturated rings. The molecule has 138 valence electrons. The third-order valence-corrected chi connectivity index (χ3v) is 4.89. The van der Waals surface area contributed by atoms with Crippen molar-refractivity contribution in [3.05, 3.63) is 62.5 Å². The number of aromatic nitrogens is 3. The molecule has 0 bridgehead atoms. The molecule has 1 aliphatic heterocycles. The fraction of sp³-hybridized carbons (Fsp3) is 0.222. The van der Waals surface area contributed by atoms with Crippen molar-refractivity contribution in [1.29, 1.82) is 0 Å². The van der Waals surface area contributed by atoms with Crippen LogP contribution in [0.4, 0.5) is 5.13 Å². The van der Waals surface area contributed by atoms with Crippen molar-refractivity contribution in [1.82, 2.24) is 14.8 Å². The number of carbonyl (C=O) groups excluding carboxylic acids is 1. The number of hydrogen-bond donors (Lipinski definition) is 1. The Labute approximate surface area is 158 Å². The molecule has 1 aliphatic rings. The fourth-order valence-electron chi connectivity index (χ4n) is 2.81. The van der Waals surface area contributed by atoms with E-state index in [4.69, 9.17) is 9.47 Å². The highest BCUT2D eigenvalue weighted by Gasteiger charge is 2.18. The molecule has 3 heterocycles. The van der Waals surface area contributed by atoms with Crippen LogP contribution in [0.1, 0.15) is 26.5 Å². The van der Waals surface area contributed by atoms with Crippen LogP contribution in [0.5, 0.6) is 11.5 Å². The van der Waals surface area contributed by atoms with Gasteiger partial charge in [-0.2, -0.15) is 0 Å². The average molecular weight is 384 g/mol. The topological polar surface area (TPSA) is 95.3 Å². The third-order valence-electron chi connectivity index (χ3n) is 4.14. The van der Waals surface area contributed by atoms with Crippen molar-refractivity contribution in [2.75, 3.05) is 12.1 Å². The molecular weight excluding hydrogens is 368 g/mol. The van der Waals surface area contributed by atoms with Crippen molar-refractivity contribution in [2.24, 2.45) is 0 Å². The van der Waals surface area contributed by atoms with Gasteiger partial charge < -0.3 is 14.0 Å². The van der Waals surface area contributed by atoms with Gasteiger partial charge in [-0.25, -0.2) is 0 Å². The van der Waals surface area contributed by atoms with E-state index in [1.165, 1.54) is 15.9 Å². The van der Waals surface area contributed by atoms with Gasteiger partial charge in [-0.3, -0.25) is 14.9 Å². The monoisotopic (exact) mass is 384 g/mol. The maximum absolute atomic E-state index is 12.9. The van der Waals surface area contributed by atoms with E-state index in [1.54, 1.807) is 26.1 Å². The Hall–Kier alpha value is -3.20. The first kappa shape index (κ1) is 17.2. The van der Waals surface area contributed by atoms with Crippen LogP contribution < -0.4 is 20.3 Å². The second kappa shape index (κ2) is 6.84. The van der Waals surface area contributed by atoms with E-state index in [1.807, 2.05) is 18.2 Å². The molecule has 0 radical (unpaired) electrons. The predicted molar refractivity (Wildman–Crippen MR) is 99.7 cm³/mol. The number of amides is 1. The van der Waals surface area contributed by atoms with Crippen molar-refractivity contribution < 1.29 is 14.3 Å². The summed E-state index contributed by atoms with van der Waals surface area (Å²) < 4.78 is 12.2. The standard InChI is InChI=1S/C18H16N4O4S/c1-10-5-6-22(8-12-3-4-13-14(7-12)26-9-25-13)17(24)15(10)16(23)19-18-21-20-11(2)27-18/h3-7H,8-9H2,1-2H3,(H,19,21,23). The predicted octanol–water partition coefficient (Wildman–Crippen LogP) is 2.35. The summed E-state index contributed by atoms with van der Waals surface area (Å²) in [6.45, 7) is 4.03. The number of anilines is 1. The van der Waals surface area contributed by atoms with Crippen molar-refractivity contribution in [2.45, 2.75) is 20.4 Å². The Morgan fingerprint density at radius 2 is 2.04 bits per heavy atom. The van der Waals surface area contributed by atoms with Gasteiger partial charge in [0, 0.05) is 6.20 Å². The summed E-state index contributed by atoms with van der Waals surface area (Å²) in [6.07, 6.45) is 1.67. The van der Waals surface area contributed by atoms with E-state index >= 15 is 0 Å². The quantitative estimate of drug-likeness (QED) is 0.742. The summed E-state index contributed by atoms with van der Waals surface area (Å²) in [5, 5.41) is 11.5. The highest BCUT2D eigenvalue weighted by Crippen LogP contribution is 2.32. The molecule has 2 aromatic heterocycles. The summed E-state index contributed by atoms with van der Waals surface area (Å²) in [5.74, 6) is 0.841. The molecule has 9 heteroatoms. The minimum atomic E-state index is -0.492. The smallest absolute Gasteiger partial charge is 0.263 e. The third kappa shape index (κ3) is 3.41. The lowest BCUT2D eigenvalue weighted by Gasteiger charge is -2.11. The Kier molecular flexibility index (Phi) is 4.36. The van der Waals surface area contributed by atoms with Gasteiger partial charge in [0.2, 0.25) is 11.9 Å². The van der Waals surface area contributed by atoms with E-state index in [-0.39, 0.29) is 17.9 Å². The van der Waals surface area contributed by atoms with Gasteiger partial charge in [0.25, 0.3) is 11.5 Å². The van der Waals surface area contributed by atoms with Gasteiger partial charge in [-0.1, -0.05) is 17.4 Å². The highest BCUT2D eigenvalue weighted by atomic mass is 32.1. The number of rotatable bonds is 4. The number of hydrogen-bond acceptors (Lipinski definition) is 7. The Bertz CT molecular complexity index is 1090. The lowest BCUT2D eigenvalue weighted by molar-refractivity contribution is 0.102. The van der Waals surface area contributed by atoms with Crippen molar-refractivity contribution >= 4 is 22.4 Å². The minimum Gasteiger partial charge on any atom is -0.454 e. The largest absolute Gasteiger partial charge is 0.454 e. The van der Waals surface area contributed by atoms with Gasteiger partial charge in [0.15, 0.2) is 11.5 Å². The highest BCUT2D eigenvalue weighted by molar-refractivity contribution is 7.15. The lowest BCUT2D eigenvalue weighted by atomic mass is 10.1. The number of benzene rings is 1. The Balaban J connectivity index is 1.62. The molecule has 0 saturated carbocycles. The second-order valence-corrected chi connectivity index (χ2v) is 7.26. The fourth-order valence-corrected chi connectivity index (χ4v) is 3.40. The van der Waals surface area contributed by atoms with E-state index in [9.17, 15) is 9.59 Å². The van der Waals surface area contributed by atoms with Gasteiger partial charge in [0.1, 0.15) is 10.6 Å². The molecule has 27 heavy (non-hydrogen) atoms. The number of aryl methyl sites for hydroxylation is 2. The maximum atomic E-state index is 12.9. The number of pyridine rings is 1. The summed E-state index contributed by atoms with van der Waals surface area (Å²) in [7, 11) is 0. The van der Waals surface area contributed by atoms with E-state index in [0.717, 1.165) is 10.6 Å². The molecule has 8 nitrogen and oxygen atoms in total. The molecular formula is C18H16N4O4S. The van der Waals surface area contributed by atoms with Crippen LogP contribution in [-0.2, 0) is 6.54 Å². The molecule has 1 aromatic carbocycles. The molecule has 3 aromatic rings. The molecule has 0 saturated heterocycles. The molecule has 4 rings (SSSR count). The van der Waals surface area contributed by atoms with Crippen molar-refractivity contribution in [3.63, 3.8) is 0 Å². The number of carbonyl (C=O) groups is 1. The van der Waals surface area contributed by atoms with E-state index < -0.39 is 5.91 Å². The number of ether oxygens (including phenoxy) is 2. The van der Waals surface area contributed by atoms with Crippen LogP contribution in [0.3, 0.4) is 0 Å². The van der Waals surface area contributed by atoms with E-state index in [2.05, 4.69) is 15.5 Å². The number of fused-ring (bicyclic) bond motifs is 1. The molecule has 0 spiro atoms.